The van der Waals surface area contributed by atoms with Crippen LogP contribution in [0.5, 0.6) is 5.75 Å². The molecule has 1 unspecified atom stereocenters. The summed E-state index contributed by atoms with van der Waals surface area (Å²) in [4.78, 5) is 17.6. The number of rotatable bonds is 4. The first-order chi connectivity index (χ1) is 16.3. The van der Waals surface area contributed by atoms with Gasteiger partial charge in [0.2, 0.25) is 0 Å². The first-order valence-electron chi connectivity index (χ1n) is 12.2. The van der Waals surface area contributed by atoms with Gasteiger partial charge in [-0.2, -0.15) is 5.10 Å². The minimum atomic E-state index is -0.470. The molecule has 6 heteroatoms. The molecule has 33 heavy (non-hydrogen) atoms. The van der Waals surface area contributed by atoms with Crippen molar-refractivity contribution in [3.8, 4) is 11.4 Å². The molecule has 1 saturated heterocycles. The zero-order valence-corrected chi connectivity index (χ0v) is 18.9. The Kier molecular flexibility index (Phi) is 5.29. The number of nitrogens with zero attached hydrogens (tertiary/aromatic N) is 4. The Balaban J connectivity index is 1.31. The number of likely N-dealkylation sites (tertiary alicyclic amines) is 1. The number of para-hydroxylation sites is 3. The second kappa shape index (κ2) is 8.58. The van der Waals surface area contributed by atoms with Gasteiger partial charge in [0.25, 0.3) is 5.91 Å². The molecule has 1 aliphatic carbocycles. The van der Waals surface area contributed by atoms with Crippen molar-refractivity contribution in [3.05, 3.63) is 71.5 Å². The molecule has 1 atom stereocenters. The molecule has 3 heterocycles. The predicted molar refractivity (Wildman–Crippen MR) is 128 cm³/mol. The fraction of sp³-hybridized carbons (Fsp3) is 0.407. The predicted octanol–water partition coefficient (Wildman–Crippen LogP) is 4.14. The number of aromatic nitrogens is 2. The molecule has 1 fully saturated rings. The quantitative estimate of drug-likeness (QED) is 0.609. The third kappa shape index (κ3) is 3.77. The third-order valence-electron chi connectivity index (χ3n) is 7.16. The molecule has 2 aromatic carbocycles. The summed E-state index contributed by atoms with van der Waals surface area (Å²) in [6.07, 6.45) is 6.21. The summed E-state index contributed by atoms with van der Waals surface area (Å²) in [6, 6.07) is 18.5. The van der Waals surface area contributed by atoms with Gasteiger partial charge >= 0.3 is 0 Å². The number of amides is 1. The van der Waals surface area contributed by atoms with Crippen molar-refractivity contribution in [1.82, 2.24) is 14.7 Å². The van der Waals surface area contributed by atoms with Gasteiger partial charge < -0.3 is 14.5 Å². The number of hydrogen-bond acceptors (Lipinski definition) is 4. The Labute approximate surface area is 194 Å². The number of fused-ring (bicyclic) bond motifs is 2. The van der Waals surface area contributed by atoms with Crippen molar-refractivity contribution < 1.29 is 9.53 Å². The zero-order chi connectivity index (χ0) is 22.2. The maximum Gasteiger partial charge on any atom is 0.265 e. The molecule has 3 aliphatic rings. The van der Waals surface area contributed by atoms with Gasteiger partial charge in [0.1, 0.15) is 5.75 Å². The average Bonchev–Trinajstić information content (AvgIpc) is 3.48. The largest absolute Gasteiger partial charge is 0.477 e. The Morgan fingerprint density at radius 2 is 1.73 bits per heavy atom. The summed E-state index contributed by atoms with van der Waals surface area (Å²) in [6.45, 7) is 2.93. The summed E-state index contributed by atoms with van der Waals surface area (Å²) < 4.78 is 8.35. The Morgan fingerprint density at radius 1 is 0.939 bits per heavy atom. The van der Waals surface area contributed by atoms with Gasteiger partial charge in [0.15, 0.2) is 6.10 Å². The van der Waals surface area contributed by atoms with E-state index < -0.39 is 6.10 Å². The van der Waals surface area contributed by atoms with Crippen molar-refractivity contribution >= 4 is 11.6 Å². The first-order valence-corrected chi connectivity index (χ1v) is 12.2. The van der Waals surface area contributed by atoms with Crippen molar-refractivity contribution in [3.63, 3.8) is 0 Å². The highest BCUT2D eigenvalue weighted by Crippen LogP contribution is 2.36. The van der Waals surface area contributed by atoms with E-state index in [4.69, 9.17) is 9.84 Å². The Morgan fingerprint density at radius 3 is 2.58 bits per heavy atom. The van der Waals surface area contributed by atoms with Crippen LogP contribution in [0.2, 0.25) is 0 Å². The van der Waals surface area contributed by atoms with Gasteiger partial charge in [-0.15, -0.1) is 0 Å². The molecule has 1 aromatic heterocycles. The first kappa shape index (κ1) is 20.3. The lowest BCUT2D eigenvalue weighted by Gasteiger charge is -2.38. The van der Waals surface area contributed by atoms with E-state index in [9.17, 15) is 4.79 Å². The monoisotopic (exact) mass is 442 g/mol. The van der Waals surface area contributed by atoms with Crippen LogP contribution in [-0.2, 0) is 24.2 Å². The van der Waals surface area contributed by atoms with E-state index in [-0.39, 0.29) is 5.91 Å². The fourth-order valence-corrected chi connectivity index (χ4v) is 5.51. The number of benzene rings is 2. The van der Waals surface area contributed by atoms with Crippen molar-refractivity contribution in [2.45, 2.75) is 51.2 Å². The van der Waals surface area contributed by atoms with E-state index >= 15 is 0 Å². The highest BCUT2D eigenvalue weighted by Gasteiger charge is 2.35. The standard InChI is InChI=1S/C27H30N4O2/c32-27(29-16-7-2-8-17-29)26-19-30(24-13-5-6-15-25(24)33-26)18-22-21-12-9-14-23(21)31(28-22)20-10-3-1-4-11-20/h1,3-6,10-11,13,15,26H,2,7-9,12,14,16-19H2. The van der Waals surface area contributed by atoms with Crippen LogP contribution in [-0.4, -0.2) is 46.3 Å². The van der Waals surface area contributed by atoms with Crippen LogP contribution in [0.25, 0.3) is 5.69 Å². The second-order valence-corrected chi connectivity index (χ2v) is 9.31. The highest BCUT2D eigenvalue weighted by molar-refractivity contribution is 5.83. The molecular weight excluding hydrogens is 412 g/mol. The lowest BCUT2D eigenvalue weighted by Crippen LogP contribution is -2.51. The SMILES string of the molecule is O=C(C1CN(Cc2nn(-c3ccccc3)c3c2CCC3)c2ccccc2O1)N1CCCCC1. The lowest BCUT2D eigenvalue weighted by atomic mass is 10.1. The number of carbonyl (C=O) groups excluding carboxylic acids is 1. The molecule has 0 radical (unpaired) electrons. The van der Waals surface area contributed by atoms with Crippen molar-refractivity contribution in [1.29, 1.82) is 0 Å². The van der Waals surface area contributed by atoms with E-state index in [2.05, 4.69) is 39.9 Å². The van der Waals surface area contributed by atoms with Crippen LogP contribution in [0, 0.1) is 0 Å². The Bertz CT molecular complexity index is 1150. The number of anilines is 1. The smallest absolute Gasteiger partial charge is 0.265 e. The molecule has 6 nitrogen and oxygen atoms in total. The van der Waals surface area contributed by atoms with Crippen LogP contribution >= 0.6 is 0 Å². The van der Waals surface area contributed by atoms with E-state index in [1.165, 1.54) is 24.1 Å². The van der Waals surface area contributed by atoms with E-state index in [1.807, 2.05) is 29.2 Å². The molecule has 0 spiro atoms. The summed E-state index contributed by atoms with van der Waals surface area (Å²) in [7, 11) is 0. The van der Waals surface area contributed by atoms with Crippen LogP contribution < -0.4 is 9.64 Å². The molecule has 170 valence electrons. The average molecular weight is 443 g/mol. The second-order valence-electron chi connectivity index (χ2n) is 9.31. The maximum absolute atomic E-state index is 13.3. The van der Waals surface area contributed by atoms with Crippen molar-refractivity contribution in [2.24, 2.45) is 0 Å². The van der Waals surface area contributed by atoms with Crippen LogP contribution in [0.3, 0.4) is 0 Å². The third-order valence-corrected chi connectivity index (χ3v) is 7.16. The van der Waals surface area contributed by atoms with E-state index in [1.54, 1.807) is 0 Å². The van der Waals surface area contributed by atoms with Gasteiger partial charge in [-0.3, -0.25) is 4.79 Å². The number of hydrogen-bond donors (Lipinski definition) is 0. The van der Waals surface area contributed by atoms with Gasteiger partial charge in [-0.05, 0) is 68.4 Å². The molecule has 0 bridgehead atoms. The van der Waals surface area contributed by atoms with Crippen LogP contribution in [0.4, 0.5) is 5.69 Å². The topological polar surface area (TPSA) is 50.6 Å². The summed E-state index contributed by atoms with van der Waals surface area (Å²) >= 11 is 0. The van der Waals surface area contributed by atoms with Crippen LogP contribution in [0.1, 0.15) is 42.6 Å². The summed E-state index contributed by atoms with van der Waals surface area (Å²) in [5.41, 5.74) is 5.98. The van der Waals surface area contributed by atoms with Gasteiger partial charge in [-0.25, -0.2) is 4.68 Å². The molecule has 2 aliphatic heterocycles. The van der Waals surface area contributed by atoms with Crippen LogP contribution in [0.15, 0.2) is 54.6 Å². The zero-order valence-electron chi connectivity index (χ0n) is 18.9. The van der Waals surface area contributed by atoms with Gasteiger partial charge in [0.05, 0.1) is 30.2 Å². The molecule has 6 rings (SSSR count). The Hall–Kier alpha value is -3.28. The van der Waals surface area contributed by atoms with E-state index in [0.717, 1.165) is 61.6 Å². The minimum absolute atomic E-state index is 0.120. The minimum Gasteiger partial charge on any atom is -0.477 e. The number of carbonyl (C=O) groups is 1. The molecular formula is C27H30N4O2. The maximum atomic E-state index is 13.3. The molecule has 0 N–H and O–H groups in total. The van der Waals surface area contributed by atoms with E-state index in [0.29, 0.717) is 13.1 Å². The summed E-state index contributed by atoms with van der Waals surface area (Å²) in [5.74, 6) is 0.910. The summed E-state index contributed by atoms with van der Waals surface area (Å²) in [5, 5.41) is 5.07. The van der Waals surface area contributed by atoms with Gasteiger partial charge in [-0.1, -0.05) is 30.3 Å². The molecule has 1 amide bonds. The van der Waals surface area contributed by atoms with Gasteiger partial charge in [0, 0.05) is 18.8 Å². The lowest BCUT2D eigenvalue weighted by molar-refractivity contribution is -0.139. The highest BCUT2D eigenvalue weighted by atomic mass is 16.5. The number of ether oxygens (including phenoxy) is 1. The normalized spacial score (nSPS) is 19.7. The fourth-order valence-electron chi connectivity index (χ4n) is 5.51. The van der Waals surface area contributed by atoms with Crippen molar-refractivity contribution in [2.75, 3.05) is 24.5 Å². The number of piperidine rings is 1. The molecule has 3 aromatic rings. The molecule has 0 saturated carbocycles.